The maximum absolute atomic E-state index is 14.5. The number of thioether (sulfide) groups is 1. The molecule has 0 aliphatic carbocycles. The highest BCUT2D eigenvalue weighted by Crippen LogP contribution is 2.45. The number of allylic oxidation sites excluding steroid dienone is 4. The zero-order valence-electron chi connectivity index (χ0n) is 21.6. The van der Waals surface area contributed by atoms with E-state index in [9.17, 15) is 31.5 Å². The largest absolute Gasteiger partial charge is 0.417 e. The third-order valence-corrected chi connectivity index (χ3v) is 8.30. The van der Waals surface area contributed by atoms with Crippen LogP contribution in [0.5, 0.6) is 0 Å². The fourth-order valence-corrected chi connectivity index (χ4v) is 6.50. The van der Waals surface area contributed by atoms with Gasteiger partial charge in [0.25, 0.3) is 0 Å². The van der Waals surface area contributed by atoms with Crippen molar-refractivity contribution in [3.63, 3.8) is 0 Å². The van der Waals surface area contributed by atoms with Crippen LogP contribution in [0.1, 0.15) is 31.4 Å². The average Bonchev–Trinajstić information content (AvgIpc) is 3.12. The maximum Gasteiger partial charge on any atom is 0.417 e. The summed E-state index contributed by atoms with van der Waals surface area (Å²) in [6.07, 6.45) is -0.772. The van der Waals surface area contributed by atoms with Gasteiger partial charge >= 0.3 is 11.9 Å². The van der Waals surface area contributed by atoms with Crippen LogP contribution in [0, 0.1) is 0 Å². The molecule has 1 aromatic heterocycles. The molecule has 214 valence electrons. The molecule has 0 saturated carbocycles. The van der Waals surface area contributed by atoms with Gasteiger partial charge in [0.05, 0.1) is 22.4 Å². The molecule has 1 fully saturated rings. The minimum absolute atomic E-state index is 0.0748. The first-order valence-corrected chi connectivity index (χ1v) is 13.8. The van der Waals surface area contributed by atoms with Crippen LogP contribution >= 0.6 is 23.4 Å². The van der Waals surface area contributed by atoms with Crippen molar-refractivity contribution in [1.82, 2.24) is 14.5 Å². The Balaban J connectivity index is 1.99. The number of benzene rings is 1. The van der Waals surface area contributed by atoms with Gasteiger partial charge in [0.2, 0.25) is 5.91 Å². The van der Waals surface area contributed by atoms with Gasteiger partial charge in [-0.05, 0) is 44.2 Å². The lowest BCUT2D eigenvalue weighted by Gasteiger charge is -2.44. The molecule has 2 unspecified atom stereocenters. The molecule has 0 spiro atoms. The van der Waals surface area contributed by atoms with Crippen LogP contribution in [-0.4, -0.2) is 51.3 Å². The number of alkyl halides is 3. The quantitative estimate of drug-likeness (QED) is 0.225. The average molecular weight is 601 g/mol. The molecule has 1 aromatic carbocycles. The molecule has 2 aliphatic heterocycles. The zero-order chi connectivity index (χ0) is 29.4. The van der Waals surface area contributed by atoms with Crippen molar-refractivity contribution in [2.24, 2.45) is 0 Å². The molecule has 0 radical (unpaired) electrons. The second-order valence-corrected chi connectivity index (χ2v) is 11.0. The number of amides is 1. The number of hydrogen-bond acceptors (Lipinski definition) is 5. The van der Waals surface area contributed by atoms with Gasteiger partial charge in [-0.15, -0.1) is 11.8 Å². The van der Waals surface area contributed by atoms with Gasteiger partial charge in [-0.25, -0.2) is 13.6 Å². The van der Waals surface area contributed by atoms with Crippen molar-refractivity contribution in [2.45, 2.75) is 50.0 Å². The molecule has 13 heteroatoms. The molecule has 2 aromatic rings. The number of aryl methyl sites for hydroxylation is 1. The van der Waals surface area contributed by atoms with Crippen molar-refractivity contribution >= 4 is 52.1 Å². The Morgan fingerprint density at radius 1 is 1.23 bits per heavy atom. The summed E-state index contributed by atoms with van der Waals surface area (Å²) >= 11 is 7.00. The van der Waals surface area contributed by atoms with Crippen LogP contribution < -0.4 is 10.6 Å². The number of halogens is 6. The molecule has 0 N–H and O–H groups in total. The topological polar surface area (TPSA) is 58.4 Å². The first-order valence-electron chi connectivity index (χ1n) is 12.4. The molecule has 1 amide bonds. The van der Waals surface area contributed by atoms with Crippen molar-refractivity contribution in [3.05, 3.63) is 69.7 Å². The standard InChI is InChI=1S/C27H26ClF5N4O2S/c1-4-22(38)37-15(2)13-35(14-16(37)3)25-18-12-19(27(31,32)33)17(6-7-20(28)21(30)8-9-29)24-23(18)36(26(39)34-25)10-5-11-40-24/h4,6-9,12,15-16H,1,5,10-11,13-14H2,2-3H3/b7-6+,9-8+,21-20-. The highest BCUT2D eigenvalue weighted by molar-refractivity contribution is 7.99. The van der Waals surface area contributed by atoms with Crippen molar-refractivity contribution < 1.29 is 26.7 Å². The number of hydrogen-bond donors (Lipinski definition) is 0. The van der Waals surface area contributed by atoms with E-state index in [1.165, 1.54) is 10.6 Å². The van der Waals surface area contributed by atoms with Gasteiger partial charge in [-0.1, -0.05) is 24.3 Å². The van der Waals surface area contributed by atoms with E-state index in [1.54, 1.807) is 9.80 Å². The van der Waals surface area contributed by atoms with Crippen molar-refractivity contribution in [2.75, 3.05) is 23.7 Å². The lowest BCUT2D eigenvalue weighted by atomic mass is 10.0. The second kappa shape index (κ2) is 11.8. The summed E-state index contributed by atoms with van der Waals surface area (Å²) in [4.78, 5) is 33.4. The van der Waals surface area contributed by atoms with E-state index in [4.69, 9.17) is 11.6 Å². The number of nitrogens with zero attached hydrogens (tertiary/aromatic N) is 4. The normalized spacial score (nSPS) is 20.8. The van der Waals surface area contributed by atoms with E-state index in [0.717, 1.165) is 30.0 Å². The van der Waals surface area contributed by atoms with Gasteiger partial charge in [0, 0.05) is 53.6 Å². The third-order valence-electron chi connectivity index (χ3n) is 6.80. The van der Waals surface area contributed by atoms with E-state index in [1.807, 2.05) is 13.8 Å². The van der Waals surface area contributed by atoms with Crippen LogP contribution in [0.15, 0.2) is 57.8 Å². The predicted octanol–water partition coefficient (Wildman–Crippen LogP) is 6.44. The summed E-state index contributed by atoms with van der Waals surface area (Å²) in [6, 6.07) is 0.295. The second-order valence-electron chi connectivity index (χ2n) is 9.51. The third kappa shape index (κ3) is 5.69. The summed E-state index contributed by atoms with van der Waals surface area (Å²) in [6.45, 7) is 7.88. The summed E-state index contributed by atoms with van der Waals surface area (Å²) in [5, 5.41) is -0.444. The molecular formula is C27H26ClF5N4O2S. The van der Waals surface area contributed by atoms with Gasteiger partial charge in [-0.2, -0.15) is 18.2 Å². The Labute approximate surface area is 236 Å². The minimum atomic E-state index is -4.82. The van der Waals surface area contributed by atoms with Gasteiger partial charge in [0.15, 0.2) is 0 Å². The lowest BCUT2D eigenvalue weighted by molar-refractivity contribution is -0.137. The van der Waals surface area contributed by atoms with Gasteiger partial charge in [0.1, 0.15) is 11.6 Å². The van der Waals surface area contributed by atoms with Crippen LogP contribution in [-0.2, 0) is 17.5 Å². The monoisotopic (exact) mass is 600 g/mol. The number of rotatable bonds is 5. The van der Waals surface area contributed by atoms with E-state index in [2.05, 4.69) is 11.6 Å². The summed E-state index contributed by atoms with van der Waals surface area (Å²) in [5.41, 5.74) is -1.61. The number of carbonyl (C=O) groups is 1. The van der Waals surface area contributed by atoms with E-state index < -0.39 is 28.3 Å². The smallest absolute Gasteiger partial charge is 0.352 e. The van der Waals surface area contributed by atoms with E-state index in [0.29, 0.717) is 23.8 Å². The lowest BCUT2D eigenvalue weighted by Crippen LogP contribution is -2.58. The highest BCUT2D eigenvalue weighted by Gasteiger charge is 2.38. The van der Waals surface area contributed by atoms with Crippen molar-refractivity contribution in [1.29, 1.82) is 0 Å². The molecule has 2 aliphatic rings. The minimum Gasteiger partial charge on any atom is -0.352 e. The summed E-state index contributed by atoms with van der Waals surface area (Å²) < 4.78 is 71.2. The van der Waals surface area contributed by atoms with Crippen LogP contribution in [0.2, 0.25) is 0 Å². The highest BCUT2D eigenvalue weighted by atomic mass is 35.5. The number of anilines is 1. The Morgan fingerprint density at radius 2 is 1.90 bits per heavy atom. The predicted molar refractivity (Wildman–Crippen MR) is 148 cm³/mol. The fourth-order valence-electron chi connectivity index (χ4n) is 5.21. The Kier molecular flexibility index (Phi) is 8.79. The molecule has 0 bridgehead atoms. The summed E-state index contributed by atoms with van der Waals surface area (Å²) in [5.74, 6) is -0.900. The van der Waals surface area contributed by atoms with E-state index >= 15 is 0 Å². The van der Waals surface area contributed by atoms with Gasteiger partial charge < -0.3 is 9.80 Å². The zero-order valence-corrected chi connectivity index (χ0v) is 23.2. The first kappa shape index (κ1) is 29.9. The number of carbonyl (C=O) groups excluding carboxylic acids is 1. The molecule has 2 atom stereocenters. The number of piperazine rings is 1. The molecule has 6 nitrogen and oxygen atoms in total. The Bertz CT molecular complexity index is 1490. The summed E-state index contributed by atoms with van der Waals surface area (Å²) in [7, 11) is 0. The molecular weight excluding hydrogens is 575 g/mol. The molecule has 3 heterocycles. The van der Waals surface area contributed by atoms with Crippen LogP contribution in [0.4, 0.5) is 27.8 Å². The first-order chi connectivity index (χ1) is 18.9. The van der Waals surface area contributed by atoms with Gasteiger partial charge in [-0.3, -0.25) is 9.36 Å². The van der Waals surface area contributed by atoms with Crippen LogP contribution in [0.25, 0.3) is 17.0 Å². The Morgan fingerprint density at radius 3 is 2.50 bits per heavy atom. The molecule has 4 rings (SSSR count). The van der Waals surface area contributed by atoms with Crippen LogP contribution in [0.3, 0.4) is 0 Å². The fraction of sp³-hybridized carbons (Fsp3) is 0.370. The van der Waals surface area contributed by atoms with E-state index in [-0.39, 0.29) is 65.6 Å². The molecule has 1 saturated heterocycles. The maximum atomic E-state index is 14.5. The Hall–Kier alpha value is -3.12. The SMILES string of the molecule is C=CC(=O)N1C(C)CN(c2nc(=O)n3c4c(c(/C=C/C(Cl)=C(F)\C=C\F)c(C(F)(F)F)cc24)SCCC3)CC1C. The molecule has 40 heavy (non-hydrogen) atoms. The van der Waals surface area contributed by atoms with Crippen molar-refractivity contribution in [3.8, 4) is 0 Å². The number of aromatic nitrogens is 2.